The summed E-state index contributed by atoms with van der Waals surface area (Å²) in [5, 5.41) is 17.3. The number of allylic oxidation sites excluding steroid dienone is 2. The van der Waals surface area contributed by atoms with Crippen molar-refractivity contribution in [2.45, 2.75) is 12.0 Å². The van der Waals surface area contributed by atoms with Gasteiger partial charge >= 0.3 is 77.4 Å². The summed E-state index contributed by atoms with van der Waals surface area (Å²) in [6.45, 7) is 0. The van der Waals surface area contributed by atoms with Gasteiger partial charge in [-0.3, -0.25) is 0 Å². The van der Waals surface area contributed by atoms with Crippen molar-refractivity contribution in [1.82, 2.24) is 0 Å². The van der Waals surface area contributed by atoms with Crippen molar-refractivity contribution in [3.8, 4) is 0 Å². The maximum absolute atomic E-state index is 10.6. The molecule has 0 aromatic rings. The van der Waals surface area contributed by atoms with Gasteiger partial charge in [-0.25, -0.2) is 0 Å². The Morgan fingerprint density at radius 3 is 1.92 bits per heavy atom. The van der Waals surface area contributed by atoms with Gasteiger partial charge in [0.25, 0.3) is 0 Å². The minimum absolute atomic E-state index is 0.769. The van der Waals surface area contributed by atoms with Gasteiger partial charge in [0.1, 0.15) is 0 Å². The van der Waals surface area contributed by atoms with Gasteiger partial charge in [-0.05, 0) is 0 Å². The summed E-state index contributed by atoms with van der Waals surface area (Å²) in [5.74, 6) is -2.29. The second-order valence-electron chi connectivity index (χ2n) is 2.86. The number of rotatable bonds is 3. The third-order valence-corrected chi connectivity index (χ3v) is 11.4. The van der Waals surface area contributed by atoms with Gasteiger partial charge in [-0.2, -0.15) is 0 Å². The van der Waals surface area contributed by atoms with Crippen LogP contribution in [0.25, 0.3) is 0 Å². The van der Waals surface area contributed by atoms with Crippen LogP contribution in [0.2, 0.25) is 12.0 Å². The average Bonchev–Trinajstić information content (AvgIpc) is 2.37. The predicted molar refractivity (Wildman–Crippen MR) is 43.5 cm³/mol. The first-order valence-electron chi connectivity index (χ1n) is 3.73. The molecule has 5 heteroatoms. The van der Waals surface area contributed by atoms with Gasteiger partial charge in [0.2, 0.25) is 0 Å². The van der Waals surface area contributed by atoms with E-state index in [2.05, 4.69) is 0 Å². The van der Waals surface area contributed by atoms with E-state index in [9.17, 15) is 9.59 Å². The second kappa shape index (κ2) is 3.98. The average molecular weight is 272 g/mol. The van der Waals surface area contributed by atoms with E-state index in [-0.39, 0.29) is 0 Å². The quantitative estimate of drug-likeness (QED) is 0.582. The zero-order valence-electron chi connectivity index (χ0n) is 6.43. The number of carboxylic acids is 2. The van der Waals surface area contributed by atoms with Crippen LogP contribution < -0.4 is 0 Å². The van der Waals surface area contributed by atoms with E-state index < -0.39 is 37.1 Å². The molecule has 4 nitrogen and oxygen atoms in total. The van der Waals surface area contributed by atoms with Crippen LogP contribution in [0.5, 0.6) is 0 Å². The topological polar surface area (TPSA) is 74.6 Å². The molecule has 0 aromatic heterocycles. The van der Waals surface area contributed by atoms with E-state index in [1.54, 1.807) is 0 Å². The summed E-state index contributed by atoms with van der Waals surface area (Å²) < 4.78 is 0.498. The minimum atomic E-state index is -2.32. The molecule has 0 aromatic carbocycles. The van der Waals surface area contributed by atoms with E-state index in [0.717, 1.165) is 8.35 Å². The molecule has 1 aliphatic rings. The molecule has 2 N–H and O–H groups in total. The van der Waals surface area contributed by atoms with Crippen molar-refractivity contribution in [3.63, 3.8) is 0 Å². The number of hydrogen-bond donors (Lipinski definition) is 2. The molecule has 0 bridgehead atoms. The van der Waals surface area contributed by atoms with Crippen LogP contribution in [0.1, 0.15) is 0 Å². The molecule has 0 saturated heterocycles. The Kier molecular flexibility index (Phi) is 3.20. The van der Waals surface area contributed by atoms with E-state index in [4.69, 9.17) is 10.2 Å². The first-order chi connectivity index (χ1) is 5.63. The summed E-state index contributed by atoms with van der Waals surface area (Å²) in [6, 6.07) is 0. The molecule has 12 heavy (non-hydrogen) atoms. The monoisotopic (exact) mass is 272 g/mol. The van der Waals surface area contributed by atoms with Gasteiger partial charge in [0.15, 0.2) is 0 Å². The van der Waals surface area contributed by atoms with Crippen LogP contribution in [0.15, 0.2) is 12.2 Å². The molecule has 1 rings (SSSR count). The van der Waals surface area contributed by atoms with Crippen LogP contribution in [0.4, 0.5) is 0 Å². The molecule has 1 heterocycles. The molecule has 0 atom stereocenters. The Labute approximate surface area is 77.4 Å². The third-order valence-electron chi connectivity index (χ3n) is 2.05. The van der Waals surface area contributed by atoms with E-state index in [1.807, 2.05) is 12.2 Å². The van der Waals surface area contributed by atoms with Gasteiger partial charge in [0.05, 0.1) is 0 Å². The van der Waals surface area contributed by atoms with Crippen LogP contribution in [-0.4, -0.2) is 43.6 Å². The van der Waals surface area contributed by atoms with Gasteiger partial charge in [0, 0.05) is 0 Å². The Bertz CT molecular complexity index is 214. The predicted octanol–water partition coefficient (Wildman–Crippen LogP) is 0.590. The van der Waals surface area contributed by atoms with Gasteiger partial charge < -0.3 is 0 Å². The molecule has 0 unspecified atom stereocenters. The Hall–Kier alpha value is -0.450. The fourth-order valence-electron chi connectivity index (χ4n) is 1.42. The van der Waals surface area contributed by atoms with Crippen LogP contribution in [-0.2, 0) is 9.59 Å². The fourth-order valence-corrected chi connectivity index (χ4v) is 8.92. The zero-order chi connectivity index (χ0) is 9.14. The van der Waals surface area contributed by atoms with Gasteiger partial charge in [-0.15, -0.1) is 0 Å². The Balaban J connectivity index is 2.66. The van der Waals surface area contributed by atoms with Crippen LogP contribution in [0.3, 0.4) is 0 Å². The normalized spacial score (nSPS) is 15.6. The second-order valence-corrected chi connectivity index (χ2v) is 11.8. The molecule has 0 spiro atoms. The van der Waals surface area contributed by atoms with Crippen LogP contribution in [0, 0.1) is 0 Å². The molecule has 64 valence electrons. The molecular formula is C7H9InO4. The number of carboxylic acid groups (broad SMARTS) is 2. The SMILES string of the molecule is O=C(O)[CH](C(=O)O)[In]1[CH2]C=C[CH2]1. The molecule has 0 aliphatic carbocycles. The molecule has 0 amide bonds. The van der Waals surface area contributed by atoms with Crippen molar-refractivity contribution < 1.29 is 19.8 Å². The summed E-state index contributed by atoms with van der Waals surface area (Å²) in [7, 11) is 0. The van der Waals surface area contributed by atoms with Gasteiger partial charge in [-0.1, -0.05) is 0 Å². The molecule has 0 saturated carbocycles. The molecule has 1 aliphatic heterocycles. The first-order valence-corrected chi connectivity index (χ1v) is 10.3. The van der Waals surface area contributed by atoms with Crippen LogP contribution >= 0.6 is 0 Å². The standard InChI is InChI=1S/C4H6.C3H3O4.In/c1-3-4-2;4-2(5)1-3(6)7;/h3-4H,1-2H2;1H,(H,4,5)(H,6,7);. The van der Waals surface area contributed by atoms with E-state index in [1.165, 1.54) is 0 Å². The Morgan fingerprint density at radius 1 is 1.17 bits per heavy atom. The number of carbonyl (C=O) groups is 2. The van der Waals surface area contributed by atoms with Crippen molar-refractivity contribution in [2.75, 3.05) is 0 Å². The summed E-state index contributed by atoms with van der Waals surface area (Å²) in [5.41, 5.74) is 0. The molecular weight excluding hydrogens is 263 g/mol. The zero-order valence-corrected chi connectivity index (χ0v) is 9.73. The van der Waals surface area contributed by atoms with Crippen molar-refractivity contribution in [2.24, 2.45) is 0 Å². The number of hydrogen-bond acceptors (Lipinski definition) is 2. The maximum atomic E-state index is 10.6. The summed E-state index contributed by atoms with van der Waals surface area (Å²) in [4.78, 5) is 21.1. The third kappa shape index (κ3) is 2.03. The number of aliphatic carboxylic acids is 2. The van der Waals surface area contributed by atoms with E-state index in [0.29, 0.717) is 0 Å². The summed E-state index contributed by atoms with van der Waals surface area (Å²) >= 11 is -2.32. The van der Waals surface area contributed by atoms with Crippen molar-refractivity contribution >= 4 is 33.4 Å². The van der Waals surface area contributed by atoms with Crippen molar-refractivity contribution in [1.29, 1.82) is 0 Å². The molecule has 0 radical (unpaired) electrons. The fraction of sp³-hybridized carbons (Fsp3) is 0.429. The first kappa shape index (κ1) is 9.64. The van der Waals surface area contributed by atoms with Crippen molar-refractivity contribution in [3.05, 3.63) is 12.2 Å². The summed E-state index contributed by atoms with van der Waals surface area (Å²) in [6.07, 6.45) is 3.83. The molecule has 0 fully saturated rings. The Morgan fingerprint density at radius 2 is 1.58 bits per heavy atom. The van der Waals surface area contributed by atoms with E-state index >= 15 is 0 Å².